The van der Waals surface area contributed by atoms with Crippen molar-refractivity contribution in [3.05, 3.63) is 35.4 Å². The van der Waals surface area contributed by atoms with E-state index in [1.165, 1.54) is 0 Å². The normalized spacial score (nSPS) is 11.7. The van der Waals surface area contributed by atoms with Crippen LogP contribution in [0.1, 0.15) is 25.0 Å². The second-order valence-electron chi connectivity index (χ2n) is 4.34. The van der Waals surface area contributed by atoms with Crippen molar-refractivity contribution in [3.63, 3.8) is 0 Å². The Morgan fingerprint density at radius 2 is 2.00 bits per heavy atom. The van der Waals surface area contributed by atoms with Gasteiger partial charge in [-0.3, -0.25) is 0 Å². The van der Waals surface area contributed by atoms with Gasteiger partial charge in [-0.05, 0) is 31.4 Å². The lowest BCUT2D eigenvalue weighted by Gasteiger charge is -2.14. The maximum Gasteiger partial charge on any atom is 0.109 e. The molecule has 0 saturated carbocycles. The summed E-state index contributed by atoms with van der Waals surface area (Å²) in [5.74, 6) is 4.96. The van der Waals surface area contributed by atoms with Crippen LogP contribution >= 0.6 is 0 Å². The van der Waals surface area contributed by atoms with Gasteiger partial charge in [0.15, 0.2) is 0 Å². The Hall–Kier alpha value is -0.930. The minimum atomic E-state index is -1.16. The van der Waals surface area contributed by atoms with Crippen LogP contribution < -0.4 is 5.90 Å². The molecule has 0 aliphatic carbocycles. The highest BCUT2D eigenvalue weighted by Gasteiger charge is 2.15. The average Bonchev–Trinajstić information content (AvgIpc) is 2.12. The Labute approximate surface area is 90.2 Å². The van der Waals surface area contributed by atoms with Gasteiger partial charge in [0.25, 0.3) is 0 Å². The highest BCUT2D eigenvalue weighted by Crippen LogP contribution is 2.17. The molecule has 0 unspecified atom stereocenters. The fraction of sp³-hybridized carbons (Fsp3) is 0.500. The maximum absolute atomic E-state index is 13.4. The van der Waals surface area contributed by atoms with Crippen molar-refractivity contribution in [2.75, 3.05) is 6.61 Å². The van der Waals surface area contributed by atoms with E-state index in [1.54, 1.807) is 13.8 Å². The first-order valence-electron chi connectivity index (χ1n) is 5.10. The third kappa shape index (κ3) is 4.91. The summed E-state index contributed by atoms with van der Waals surface area (Å²) in [5, 5.41) is 0. The third-order valence-electron chi connectivity index (χ3n) is 2.12. The zero-order chi connectivity index (χ0) is 11.3. The molecule has 0 radical (unpaired) electrons. The highest BCUT2D eigenvalue weighted by atomic mass is 19.1. The van der Waals surface area contributed by atoms with E-state index in [4.69, 9.17) is 5.90 Å². The quantitative estimate of drug-likeness (QED) is 0.759. The molecule has 0 spiro atoms. The van der Waals surface area contributed by atoms with Gasteiger partial charge < -0.3 is 4.84 Å². The maximum atomic E-state index is 13.4. The van der Waals surface area contributed by atoms with E-state index < -0.39 is 5.67 Å². The number of hydrogen-bond acceptors (Lipinski definition) is 2. The van der Waals surface area contributed by atoms with Gasteiger partial charge in [0, 0.05) is 6.42 Å². The molecule has 84 valence electrons. The van der Waals surface area contributed by atoms with Gasteiger partial charge in [-0.2, -0.15) is 0 Å². The fourth-order valence-corrected chi connectivity index (χ4v) is 1.56. The monoisotopic (exact) mass is 211 g/mol. The first-order chi connectivity index (χ1) is 7.01. The number of benzene rings is 1. The van der Waals surface area contributed by atoms with Crippen molar-refractivity contribution < 1.29 is 9.23 Å². The van der Waals surface area contributed by atoms with E-state index in [1.807, 2.05) is 24.3 Å². The van der Waals surface area contributed by atoms with E-state index in [0.29, 0.717) is 13.0 Å². The first-order valence-corrected chi connectivity index (χ1v) is 5.10. The standard InChI is InChI=1S/C12H18FNO/c1-12(2,13)9-11-5-3-4-10(8-11)6-7-15-14/h3-5,8H,6-7,9,14H2,1-2H3. The smallest absolute Gasteiger partial charge is 0.109 e. The zero-order valence-corrected chi connectivity index (χ0v) is 9.29. The summed E-state index contributed by atoms with van der Waals surface area (Å²) in [5.41, 5.74) is 0.974. The molecular formula is C12H18FNO. The van der Waals surface area contributed by atoms with Crippen LogP contribution in [0.4, 0.5) is 4.39 Å². The molecule has 0 atom stereocenters. The Morgan fingerprint density at radius 1 is 1.33 bits per heavy atom. The van der Waals surface area contributed by atoms with E-state index in [-0.39, 0.29) is 0 Å². The molecule has 0 saturated heterocycles. The lowest BCUT2D eigenvalue weighted by atomic mass is 9.98. The summed E-state index contributed by atoms with van der Waals surface area (Å²) in [6.45, 7) is 3.66. The van der Waals surface area contributed by atoms with Gasteiger partial charge >= 0.3 is 0 Å². The van der Waals surface area contributed by atoms with Crippen LogP contribution in [-0.4, -0.2) is 12.3 Å². The molecule has 0 fully saturated rings. The molecular weight excluding hydrogens is 193 g/mol. The molecule has 1 aromatic carbocycles. The lowest BCUT2D eigenvalue weighted by molar-refractivity contribution is 0.141. The van der Waals surface area contributed by atoms with Crippen LogP contribution in [-0.2, 0) is 17.7 Å². The summed E-state index contributed by atoms with van der Waals surface area (Å²) in [7, 11) is 0. The molecule has 3 heteroatoms. The molecule has 2 nitrogen and oxygen atoms in total. The summed E-state index contributed by atoms with van der Waals surface area (Å²) >= 11 is 0. The minimum Gasteiger partial charge on any atom is -0.304 e. The fourth-order valence-electron chi connectivity index (χ4n) is 1.56. The SMILES string of the molecule is CC(C)(F)Cc1cccc(CCON)c1. The molecule has 0 aromatic heterocycles. The molecule has 0 amide bonds. The molecule has 0 aliphatic heterocycles. The van der Waals surface area contributed by atoms with E-state index in [9.17, 15) is 4.39 Å². The molecule has 0 aliphatic rings. The van der Waals surface area contributed by atoms with Gasteiger partial charge in [-0.15, -0.1) is 0 Å². The van der Waals surface area contributed by atoms with Crippen LogP contribution in [0.3, 0.4) is 0 Å². The summed E-state index contributed by atoms with van der Waals surface area (Å²) in [6, 6.07) is 7.87. The van der Waals surface area contributed by atoms with Gasteiger partial charge in [0.2, 0.25) is 0 Å². The molecule has 0 heterocycles. The number of alkyl halides is 1. The number of hydrogen-bond donors (Lipinski definition) is 1. The Balaban J connectivity index is 2.66. The highest BCUT2D eigenvalue weighted by molar-refractivity contribution is 5.24. The van der Waals surface area contributed by atoms with Crippen molar-refractivity contribution in [1.29, 1.82) is 0 Å². The van der Waals surface area contributed by atoms with Crippen molar-refractivity contribution in [2.45, 2.75) is 32.4 Å². The van der Waals surface area contributed by atoms with Gasteiger partial charge in [-0.1, -0.05) is 24.3 Å². The molecule has 1 aromatic rings. The lowest BCUT2D eigenvalue weighted by Crippen LogP contribution is -2.15. The van der Waals surface area contributed by atoms with E-state index >= 15 is 0 Å². The van der Waals surface area contributed by atoms with Crippen molar-refractivity contribution in [1.82, 2.24) is 0 Å². The number of rotatable bonds is 5. The average molecular weight is 211 g/mol. The summed E-state index contributed by atoms with van der Waals surface area (Å²) in [6.07, 6.45) is 1.20. The largest absolute Gasteiger partial charge is 0.304 e. The van der Waals surface area contributed by atoms with E-state index in [2.05, 4.69) is 4.84 Å². The number of nitrogens with two attached hydrogens (primary N) is 1. The van der Waals surface area contributed by atoms with Crippen LogP contribution in [0.15, 0.2) is 24.3 Å². The summed E-state index contributed by atoms with van der Waals surface area (Å²) in [4.78, 5) is 4.51. The minimum absolute atomic E-state index is 0.435. The second-order valence-corrected chi connectivity index (χ2v) is 4.34. The van der Waals surface area contributed by atoms with Crippen LogP contribution in [0.25, 0.3) is 0 Å². The van der Waals surface area contributed by atoms with Crippen LogP contribution in [0.2, 0.25) is 0 Å². The zero-order valence-electron chi connectivity index (χ0n) is 9.29. The predicted octanol–water partition coefficient (Wildman–Crippen LogP) is 2.41. The van der Waals surface area contributed by atoms with Gasteiger partial charge in [0.1, 0.15) is 5.67 Å². The van der Waals surface area contributed by atoms with Crippen LogP contribution in [0.5, 0.6) is 0 Å². The molecule has 15 heavy (non-hydrogen) atoms. The van der Waals surface area contributed by atoms with Gasteiger partial charge in [-0.25, -0.2) is 10.3 Å². The molecule has 1 rings (SSSR count). The van der Waals surface area contributed by atoms with Crippen LogP contribution in [0, 0.1) is 0 Å². The molecule has 0 bridgehead atoms. The van der Waals surface area contributed by atoms with Crippen molar-refractivity contribution in [3.8, 4) is 0 Å². The third-order valence-corrected chi connectivity index (χ3v) is 2.12. The molecule has 2 N–H and O–H groups in total. The predicted molar refractivity (Wildman–Crippen MR) is 59.2 cm³/mol. The Kier molecular flexibility index (Phi) is 4.24. The Morgan fingerprint density at radius 3 is 2.60 bits per heavy atom. The Bertz CT molecular complexity index is 307. The topological polar surface area (TPSA) is 35.2 Å². The number of halogens is 1. The first kappa shape index (κ1) is 12.1. The van der Waals surface area contributed by atoms with Crippen molar-refractivity contribution >= 4 is 0 Å². The van der Waals surface area contributed by atoms with Gasteiger partial charge in [0.05, 0.1) is 6.61 Å². The second kappa shape index (κ2) is 5.24. The van der Waals surface area contributed by atoms with E-state index in [0.717, 1.165) is 17.5 Å². The summed E-state index contributed by atoms with van der Waals surface area (Å²) < 4.78 is 13.4. The van der Waals surface area contributed by atoms with Crippen molar-refractivity contribution in [2.24, 2.45) is 5.90 Å².